The summed E-state index contributed by atoms with van der Waals surface area (Å²) in [5.74, 6) is -0.250. The molecule has 2 fully saturated rings. The molecule has 2 heterocycles. The Morgan fingerprint density at radius 2 is 1.84 bits per heavy atom. The summed E-state index contributed by atoms with van der Waals surface area (Å²) in [7, 11) is 0. The molecule has 0 saturated carbocycles. The van der Waals surface area contributed by atoms with E-state index >= 15 is 0 Å². The third kappa shape index (κ3) is 6.52. The number of ether oxygens (including phenoxy) is 1. The lowest BCUT2D eigenvalue weighted by atomic mass is 10.0. The first-order valence-electron chi connectivity index (χ1n) is 11.3. The molecule has 5 nitrogen and oxygen atoms in total. The maximum atomic E-state index is 13.2. The average Bonchev–Trinajstić information content (AvgIpc) is 3.28. The number of benzene rings is 2. The number of nitrogens with one attached hydrogen (secondary N) is 2. The number of halogens is 1. The van der Waals surface area contributed by atoms with Gasteiger partial charge in [-0.25, -0.2) is 4.39 Å². The van der Waals surface area contributed by atoms with Gasteiger partial charge >= 0.3 is 0 Å². The summed E-state index contributed by atoms with van der Waals surface area (Å²) in [5, 5.41) is 6.66. The molecule has 0 unspecified atom stereocenters. The van der Waals surface area contributed by atoms with Gasteiger partial charge in [0.15, 0.2) is 0 Å². The van der Waals surface area contributed by atoms with E-state index in [0.29, 0.717) is 31.5 Å². The molecular formula is C25H32FN3O2. The maximum absolute atomic E-state index is 13.2. The van der Waals surface area contributed by atoms with Crippen molar-refractivity contribution >= 4 is 11.6 Å². The Morgan fingerprint density at radius 1 is 1.03 bits per heavy atom. The predicted molar refractivity (Wildman–Crippen MR) is 121 cm³/mol. The fourth-order valence-corrected chi connectivity index (χ4v) is 4.41. The van der Waals surface area contributed by atoms with Crippen LogP contribution in [0.5, 0.6) is 0 Å². The Bertz CT molecular complexity index is 844. The number of hydrogen-bond donors (Lipinski definition) is 2. The van der Waals surface area contributed by atoms with Crippen molar-refractivity contribution in [3.05, 3.63) is 65.5 Å². The molecule has 31 heavy (non-hydrogen) atoms. The quantitative estimate of drug-likeness (QED) is 0.683. The molecular weight excluding hydrogens is 393 g/mol. The number of carbonyl (C=O) groups is 1. The topological polar surface area (TPSA) is 53.6 Å². The van der Waals surface area contributed by atoms with Crippen molar-refractivity contribution in [3.63, 3.8) is 0 Å². The summed E-state index contributed by atoms with van der Waals surface area (Å²) in [4.78, 5) is 14.6. The smallest absolute Gasteiger partial charge is 0.224 e. The average molecular weight is 426 g/mol. The van der Waals surface area contributed by atoms with Crippen molar-refractivity contribution < 1.29 is 13.9 Å². The summed E-state index contributed by atoms with van der Waals surface area (Å²) in [6.07, 6.45) is 4.40. The summed E-state index contributed by atoms with van der Waals surface area (Å²) in [6.45, 7) is 4.33. The summed E-state index contributed by atoms with van der Waals surface area (Å²) in [6, 6.07) is 15.9. The predicted octanol–water partition coefficient (Wildman–Crippen LogP) is 3.07. The molecule has 4 rings (SSSR count). The zero-order valence-electron chi connectivity index (χ0n) is 18.0. The molecule has 2 aliphatic heterocycles. The van der Waals surface area contributed by atoms with Crippen molar-refractivity contribution in [1.29, 1.82) is 0 Å². The van der Waals surface area contributed by atoms with Crippen LogP contribution in [0.1, 0.15) is 30.4 Å². The Hall–Kier alpha value is -2.44. The van der Waals surface area contributed by atoms with Crippen molar-refractivity contribution in [3.8, 4) is 0 Å². The Morgan fingerprint density at radius 3 is 2.55 bits per heavy atom. The first-order valence-corrected chi connectivity index (χ1v) is 11.3. The number of carbonyl (C=O) groups excluding carboxylic acids is 1. The molecule has 0 bridgehead atoms. The zero-order valence-corrected chi connectivity index (χ0v) is 18.0. The van der Waals surface area contributed by atoms with Crippen LogP contribution in [0.3, 0.4) is 0 Å². The van der Waals surface area contributed by atoms with Crippen LogP contribution >= 0.6 is 0 Å². The van der Waals surface area contributed by atoms with E-state index in [0.717, 1.165) is 56.7 Å². The van der Waals surface area contributed by atoms with Gasteiger partial charge in [0.2, 0.25) is 5.91 Å². The second kappa shape index (κ2) is 10.7. The van der Waals surface area contributed by atoms with Crippen LogP contribution in [-0.4, -0.2) is 50.8 Å². The summed E-state index contributed by atoms with van der Waals surface area (Å²) in [5.41, 5.74) is 3.11. The Kier molecular flexibility index (Phi) is 7.54. The molecule has 0 aromatic heterocycles. The van der Waals surface area contributed by atoms with E-state index in [4.69, 9.17) is 4.74 Å². The minimum Gasteiger partial charge on any atom is -0.380 e. The van der Waals surface area contributed by atoms with Gasteiger partial charge in [0.05, 0.1) is 13.0 Å². The monoisotopic (exact) mass is 425 g/mol. The van der Waals surface area contributed by atoms with Gasteiger partial charge in [0, 0.05) is 44.0 Å². The maximum Gasteiger partial charge on any atom is 0.224 e. The van der Waals surface area contributed by atoms with Crippen molar-refractivity contribution in [2.75, 3.05) is 37.7 Å². The van der Waals surface area contributed by atoms with Gasteiger partial charge in [-0.15, -0.1) is 0 Å². The third-order valence-corrected chi connectivity index (χ3v) is 6.19. The highest BCUT2D eigenvalue weighted by Gasteiger charge is 2.24. The zero-order chi connectivity index (χ0) is 21.5. The van der Waals surface area contributed by atoms with Crippen LogP contribution in [0, 0.1) is 5.82 Å². The van der Waals surface area contributed by atoms with Gasteiger partial charge in [-0.05, 0) is 61.1 Å². The van der Waals surface area contributed by atoms with Gasteiger partial charge in [-0.2, -0.15) is 0 Å². The molecule has 1 atom stereocenters. The van der Waals surface area contributed by atoms with Gasteiger partial charge < -0.3 is 20.3 Å². The van der Waals surface area contributed by atoms with E-state index in [1.807, 2.05) is 18.2 Å². The number of hydrogen-bond acceptors (Lipinski definition) is 4. The van der Waals surface area contributed by atoms with E-state index in [-0.39, 0.29) is 11.7 Å². The molecule has 6 heteroatoms. The highest BCUT2D eigenvalue weighted by molar-refractivity contribution is 5.78. The molecule has 0 radical (unpaired) electrons. The van der Waals surface area contributed by atoms with E-state index in [1.165, 1.54) is 17.8 Å². The molecule has 2 aromatic rings. The molecule has 166 valence electrons. The fraction of sp³-hybridized carbons (Fsp3) is 0.480. The molecule has 2 aliphatic rings. The molecule has 2 N–H and O–H groups in total. The lowest BCUT2D eigenvalue weighted by Crippen LogP contribution is -2.46. The van der Waals surface area contributed by atoms with Crippen molar-refractivity contribution in [2.45, 2.75) is 44.2 Å². The second-order valence-electron chi connectivity index (χ2n) is 8.56. The van der Waals surface area contributed by atoms with Crippen LogP contribution in [-0.2, 0) is 22.4 Å². The minimum atomic E-state index is -0.243. The molecule has 2 saturated heterocycles. The number of amides is 1. The fourth-order valence-electron chi connectivity index (χ4n) is 4.41. The normalized spacial score (nSPS) is 19.5. The Labute approximate surface area is 184 Å². The first kappa shape index (κ1) is 21.8. The van der Waals surface area contributed by atoms with Crippen LogP contribution in [0.15, 0.2) is 48.5 Å². The molecule has 1 amide bonds. The van der Waals surface area contributed by atoms with Gasteiger partial charge in [-0.1, -0.05) is 24.3 Å². The van der Waals surface area contributed by atoms with Crippen LogP contribution < -0.4 is 15.5 Å². The lowest BCUT2D eigenvalue weighted by Gasteiger charge is -2.35. The van der Waals surface area contributed by atoms with Crippen molar-refractivity contribution in [1.82, 2.24) is 10.6 Å². The highest BCUT2D eigenvalue weighted by Crippen LogP contribution is 2.21. The number of nitrogens with zero attached hydrogens (tertiary/aromatic N) is 1. The number of anilines is 1. The lowest BCUT2D eigenvalue weighted by molar-refractivity contribution is -0.120. The summed E-state index contributed by atoms with van der Waals surface area (Å²) < 4.78 is 18.7. The highest BCUT2D eigenvalue weighted by atomic mass is 19.1. The van der Waals surface area contributed by atoms with Gasteiger partial charge in [-0.3, -0.25) is 4.79 Å². The number of rotatable bonds is 8. The van der Waals surface area contributed by atoms with Crippen molar-refractivity contribution in [2.24, 2.45) is 0 Å². The van der Waals surface area contributed by atoms with E-state index < -0.39 is 0 Å². The van der Waals surface area contributed by atoms with E-state index in [1.54, 1.807) is 6.07 Å². The van der Waals surface area contributed by atoms with Crippen LogP contribution in [0.2, 0.25) is 0 Å². The van der Waals surface area contributed by atoms with Gasteiger partial charge in [0.25, 0.3) is 0 Å². The minimum absolute atomic E-state index is 0.00747. The summed E-state index contributed by atoms with van der Waals surface area (Å²) >= 11 is 0. The second-order valence-corrected chi connectivity index (χ2v) is 8.56. The standard InChI is InChI=1S/C25H32FN3O2/c26-21-3-1-2-19(16-21)8-12-27-25(30)17-20-4-6-24(7-5-20)29-13-9-22(10-14-29)28-23-11-15-31-18-23/h1-7,16,22-23,28H,8-15,17-18H2,(H,27,30)/t23-/m1/s1. The number of piperidine rings is 1. The third-order valence-electron chi connectivity index (χ3n) is 6.19. The van der Waals surface area contributed by atoms with Gasteiger partial charge in [0.1, 0.15) is 5.82 Å². The molecule has 0 aliphatic carbocycles. The Balaban J connectivity index is 1.18. The SMILES string of the molecule is O=C(Cc1ccc(N2CCC(N[C@@H]3CCOC3)CC2)cc1)NCCc1cccc(F)c1. The largest absolute Gasteiger partial charge is 0.380 e. The molecule has 2 aromatic carbocycles. The van der Waals surface area contributed by atoms with Crippen LogP contribution in [0.25, 0.3) is 0 Å². The van der Waals surface area contributed by atoms with Crippen LogP contribution in [0.4, 0.5) is 10.1 Å². The first-order chi connectivity index (χ1) is 15.2. The van der Waals surface area contributed by atoms with E-state index in [9.17, 15) is 9.18 Å². The molecule has 0 spiro atoms. The van der Waals surface area contributed by atoms with E-state index in [2.05, 4.69) is 27.7 Å².